The number of rotatable bonds is 6. The number of carbonyl (C=O) groups excluding carboxylic acids is 1. The lowest BCUT2D eigenvalue weighted by atomic mass is 10.1. The van der Waals surface area contributed by atoms with Gasteiger partial charge in [0.15, 0.2) is 5.69 Å². The van der Waals surface area contributed by atoms with Crippen molar-refractivity contribution in [2.24, 2.45) is 0 Å². The fourth-order valence-electron chi connectivity index (χ4n) is 2.36. The fourth-order valence-corrected chi connectivity index (χ4v) is 2.36. The molecule has 0 unspecified atom stereocenters. The van der Waals surface area contributed by atoms with Crippen molar-refractivity contribution in [3.63, 3.8) is 0 Å². The first-order valence-corrected chi connectivity index (χ1v) is 7.74. The zero-order valence-electron chi connectivity index (χ0n) is 13.5. The highest BCUT2D eigenvalue weighted by atomic mass is 16.2. The van der Waals surface area contributed by atoms with Crippen molar-refractivity contribution in [2.45, 2.75) is 52.1 Å². The molecule has 1 aromatic heterocycles. The van der Waals surface area contributed by atoms with Gasteiger partial charge in [0, 0.05) is 11.9 Å². The summed E-state index contributed by atoms with van der Waals surface area (Å²) in [5.41, 5.74) is 0.738. The SMILES string of the molecule is C#CC(C)(C)NC(=O)c1nn(CCCCC)c2ccccc12. The summed E-state index contributed by atoms with van der Waals surface area (Å²) in [6, 6.07) is 7.81. The Bertz CT molecular complexity index is 707. The Labute approximate surface area is 131 Å². The molecule has 0 fully saturated rings. The van der Waals surface area contributed by atoms with Crippen LogP contribution in [-0.2, 0) is 6.54 Å². The average Bonchev–Trinajstić information content (AvgIpc) is 2.86. The summed E-state index contributed by atoms with van der Waals surface area (Å²) >= 11 is 0. The molecule has 2 aromatic rings. The average molecular weight is 297 g/mol. The van der Waals surface area contributed by atoms with Crippen LogP contribution in [0.5, 0.6) is 0 Å². The maximum Gasteiger partial charge on any atom is 0.273 e. The van der Waals surface area contributed by atoms with Gasteiger partial charge in [0.1, 0.15) is 0 Å². The molecule has 22 heavy (non-hydrogen) atoms. The maximum atomic E-state index is 12.5. The first kappa shape index (κ1) is 16.1. The lowest BCUT2D eigenvalue weighted by Gasteiger charge is -2.18. The van der Waals surface area contributed by atoms with Crippen molar-refractivity contribution in [3.05, 3.63) is 30.0 Å². The van der Waals surface area contributed by atoms with Gasteiger partial charge in [0.2, 0.25) is 0 Å². The van der Waals surface area contributed by atoms with E-state index >= 15 is 0 Å². The minimum Gasteiger partial charge on any atom is -0.335 e. The number of benzene rings is 1. The minimum atomic E-state index is -0.690. The highest BCUT2D eigenvalue weighted by Crippen LogP contribution is 2.19. The summed E-state index contributed by atoms with van der Waals surface area (Å²) < 4.78 is 1.92. The van der Waals surface area contributed by atoms with Crippen LogP contribution in [0.3, 0.4) is 0 Å². The van der Waals surface area contributed by atoms with Crippen molar-refractivity contribution in [1.82, 2.24) is 15.1 Å². The zero-order valence-corrected chi connectivity index (χ0v) is 13.5. The molecule has 0 aliphatic heterocycles. The summed E-state index contributed by atoms with van der Waals surface area (Å²) in [5, 5.41) is 8.22. The monoisotopic (exact) mass is 297 g/mol. The Balaban J connectivity index is 2.34. The van der Waals surface area contributed by atoms with Crippen LogP contribution < -0.4 is 5.32 Å². The van der Waals surface area contributed by atoms with Gasteiger partial charge in [-0.3, -0.25) is 9.48 Å². The van der Waals surface area contributed by atoms with Crippen LogP contribution in [0, 0.1) is 12.3 Å². The third-order valence-corrected chi connectivity index (χ3v) is 3.63. The molecule has 0 bridgehead atoms. The Morgan fingerprint density at radius 2 is 2.09 bits per heavy atom. The van der Waals surface area contributed by atoms with Crippen molar-refractivity contribution < 1.29 is 4.79 Å². The molecule has 1 aromatic carbocycles. The summed E-state index contributed by atoms with van der Waals surface area (Å²) in [6.07, 6.45) is 8.80. The van der Waals surface area contributed by atoms with Gasteiger partial charge in [-0.05, 0) is 26.3 Å². The summed E-state index contributed by atoms with van der Waals surface area (Å²) in [7, 11) is 0. The molecule has 0 aliphatic rings. The minimum absolute atomic E-state index is 0.228. The lowest BCUT2D eigenvalue weighted by molar-refractivity contribution is 0.0925. The molecule has 4 nitrogen and oxygen atoms in total. The molecular weight excluding hydrogens is 274 g/mol. The van der Waals surface area contributed by atoms with E-state index in [1.165, 1.54) is 0 Å². The molecule has 0 atom stereocenters. The van der Waals surface area contributed by atoms with Crippen LogP contribution in [0.25, 0.3) is 10.9 Å². The standard InChI is InChI=1S/C18H23N3O/c1-5-7-10-13-21-15-12-9-8-11-14(15)16(20-21)17(22)19-18(3,4)6-2/h2,8-9,11-12H,5,7,10,13H2,1,3-4H3,(H,19,22). The second-order valence-corrected chi connectivity index (χ2v) is 6.02. The zero-order chi connectivity index (χ0) is 16.2. The quantitative estimate of drug-likeness (QED) is 0.656. The molecule has 2 rings (SSSR count). The Hall–Kier alpha value is -2.28. The van der Waals surface area contributed by atoms with Crippen LogP contribution in [0.15, 0.2) is 24.3 Å². The Morgan fingerprint density at radius 3 is 2.77 bits per heavy atom. The number of aromatic nitrogens is 2. The molecule has 0 aliphatic carbocycles. The van der Waals surface area contributed by atoms with Gasteiger partial charge in [-0.25, -0.2) is 0 Å². The molecule has 4 heteroatoms. The smallest absolute Gasteiger partial charge is 0.273 e. The molecule has 1 amide bonds. The van der Waals surface area contributed by atoms with E-state index in [1.807, 2.05) is 28.9 Å². The normalized spacial score (nSPS) is 11.4. The molecule has 1 heterocycles. The number of hydrogen-bond acceptors (Lipinski definition) is 2. The highest BCUT2D eigenvalue weighted by molar-refractivity contribution is 6.05. The van der Waals surface area contributed by atoms with E-state index in [4.69, 9.17) is 6.42 Å². The predicted octanol–water partition coefficient (Wildman–Crippen LogP) is 3.37. The van der Waals surface area contributed by atoms with E-state index in [2.05, 4.69) is 23.3 Å². The van der Waals surface area contributed by atoms with Crippen LogP contribution >= 0.6 is 0 Å². The molecule has 0 saturated carbocycles. The first-order valence-electron chi connectivity index (χ1n) is 7.74. The largest absolute Gasteiger partial charge is 0.335 e. The van der Waals surface area contributed by atoms with Crippen molar-refractivity contribution in [3.8, 4) is 12.3 Å². The van der Waals surface area contributed by atoms with Gasteiger partial charge >= 0.3 is 0 Å². The van der Waals surface area contributed by atoms with E-state index < -0.39 is 5.54 Å². The van der Waals surface area contributed by atoms with Crippen molar-refractivity contribution in [1.29, 1.82) is 0 Å². The van der Waals surface area contributed by atoms with Gasteiger partial charge in [-0.15, -0.1) is 6.42 Å². The van der Waals surface area contributed by atoms with Gasteiger partial charge in [0.05, 0.1) is 11.1 Å². The summed E-state index contributed by atoms with van der Waals surface area (Å²) in [4.78, 5) is 12.5. The van der Waals surface area contributed by atoms with Gasteiger partial charge in [-0.2, -0.15) is 5.10 Å². The number of hydrogen-bond donors (Lipinski definition) is 1. The van der Waals surface area contributed by atoms with Crippen LogP contribution in [0.4, 0.5) is 0 Å². The van der Waals surface area contributed by atoms with Crippen molar-refractivity contribution >= 4 is 16.8 Å². The van der Waals surface area contributed by atoms with Gasteiger partial charge < -0.3 is 5.32 Å². The molecule has 0 spiro atoms. The number of fused-ring (bicyclic) bond motifs is 1. The van der Waals surface area contributed by atoms with Gasteiger partial charge in [0.25, 0.3) is 5.91 Å². The number of unbranched alkanes of at least 4 members (excludes halogenated alkanes) is 2. The predicted molar refractivity (Wildman–Crippen MR) is 89.6 cm³/mol. The molecule has 1 N–H and O–H groups in total. The Kier molecular flexibility index (Phi) is 4.87. The number of terminal acetylenes is 1. The second kappa shape index (κ2) is 6.65. The second-order valence-electron chi connectivity index (χ2n) is 6.02. The first-order chi connectivity index (χ1) is 10.5. The van der Waals surface area contributed by atoms with E-state index in [0.29, 0.717) is 5.69 Å². The highest BCUT2D eigenvalue weighted by Gasteiger charge is 2.22. The fraction of sp³-hybridized carbons (Fsp3) is 0.444. The van der Waals surface area contributed by atoms with E-state index in [9.17, 15) is 4.79 Å². The number of aryl methyl sites for hydroxylation is 1. The topological polar surface area (TPSA) is 46.9 Å². The number of nitrogens with zero attached hydrogens (tertiary/aromatic N) is 2. The third kappa shape index (κ3) is 3.48. The summed E-state index contributed by atoms with van der Waals surface area (Å²) in [5.74, 6) is 2.34. The van der Waals surface area contributed by atoms with Crippen LogP contribution in [-0.4, -0.2) is 21.2 Å². The maximum absolute atomic E-state index is 12.5. The third-order valence-electron chi connectivity index (χ3n) is 3.63. The number of carbonyl (C=O) groups is 1. The van der Waals surface area contributed by atoms with E-state index in [0.717, 1.165) is 36.7 Å². The molecule has 0 radical (unpaired) electrons. The lowest BCUT2D eigenvalue weighted by Crippen LogP contribution is -2.42. The van der Waals surface area contributed by atoms with Crippen LogP contribution in [0.1, 0.15) is 50.5 Å². The van der Waals surface area contributed by atoms with E-state index in [1.54, 1.807) is 13.8 Å². The number of amides is 1. The molecule has 116 valence electrons. The molecule has 0 saturated heterocycles. The number of para-hydroxylation sites is 1. The van der Waals surface area contributed by atoms with Crippen molar-refractivity contribution in [2.75, 3.05) is 0 Å². The van der Waals surface area contributed by atoms with Crippen LogP contribution in [0.2, 0.25) is 0 Å². The number of nitrogens with one attached hydrogen (secondary N) is 1. The molecular formula is C18H23N3O. The Morgan fingerprint density at radius 1 is 1.36 bits per heavy atom. The van der Waals surface area contributed by atoms with Gasteiger partial charge in [-0.1, -0.05) is 43.9 Å². The van der Waals surface area contributed by atoms with E-state index in [-0.39, 0.29) is 5.91 Å². The summed E-state index contributed by atoms with van der Waals surface area (Å²) in [6.45, 7) is 6.58.